The predicted octanol–water partition coefficient (Wildman–Crippen LogP) is 3.88. The zero-order valence-corrected chi connectivity index (χ0v) is 27.6. The third-order valence-corrected chi connectivity index (χ3v) is 9.32. The molecule has 10 nitrogen and oxygen atoms in total. The SMILES string of the molecule is CCCCOc1cc(C(O)(CO)CO)ccc1[C@@H]1C(CC[C@H](O)c2ccc(F)cc2)C(=O)N1c1ccc(CCCNS(C)(=O)=O)cc1. The van der Waals surface area contributed by atoms with Gasteiger partial charge in [0.05, 0.1) is 44.1 Å². The van der Waals surface area contributed by atoms with E-state index in [-0.39, 0.29) is 17.9 Å². The average molecular weight is 673 g/mol. The third-order valence-electron chi connectivity index (χ3n) is 8.59. The molecule has 47 heavy (non-hydrogen) atoms. The molecule has 5 N–H and O–H groups in total. The first-order valence-electron chi connectivity index (χ1n) is 15.9. The lowest BCUT2D eigenvalue weighted by Gasteiger charge is -2.48. The van der Waals surface area contributed by atoms with Crippen molar-refractivity contribution in [3.63, 3.8) is 0 Å². The van der Waals surface area contributed by atoms with E-state index in [4.69, 9.17) is 4.74 Å². The van der Waals surface area contributed by atoms with E-state index in [1.807, 2.05) is 31.2 Å². The van der Waals surface area contributed by atoms with E-state index in [1.165, 1.54) is 24.3 Å². The Morgan fingerprint density at radius 2 is 1.70 bits per heavy atom. The second kappa shape index (κ2) is 16.1. The number of β-lactam (4-membered cyclic amide) rings is 1. The van der Waals surface area contributed by atoms with Crippen molar-refractivity contribution in [2.45, 2.75) is 63.2 Å². The molecule has 1 saturated heterocycles. The summed E-state index contributed by atoms with van der Waals surface area (Å²) < 4.78 is 44.8. The monoisotopic (exact) mass is 672 g/mol. The van der Waals surface area contributed by atoms with E-state index in [0.29, 0.717) is 55.0 Å². The Bertz CT molecular complexity index is 1580. The lowest BCUT2D eigenvalue weighted by Crippen LogP contribution is -2.55. The Kier molecular flexibility index (Phi) is 12.5. The highest BCUT2D eigenvalue weighted by atomic mass is 32.2. The third kappa shape index (κ3) is 9.16. The van der Waals surface area contributed by atoms with E-state index < -0.39 is 52.7 Å². The summed E-state index contributed by atoms with van der Waals surface area (Å²) in [6.07, 6.45) is 3.68. The van der Waals surface area contributed by atoms with Crippen molar-refractivity contribution >= 4 is 21.6 Å². The van der Waals surface area contributed by atoms with Gasteiger partial charge in [-0.05, 0) is 79.1 Å². The fourth-order valence-electron chi connectivity index (χ4n) is 5.79. The molecule has 0 aromatic heterocycles. The minimum absolute atomic E-state index is 0.141. The van der Waals surface area contributed by atoms with Gasteiger partial charge in [-0.15, -0.1) is 0 Å². The number of amides is 1. The Balaban J connectivity index is 1.64. The van der Waals surface area contributed by atoms with Gasteiger partial charge in [-0.3, -0.25) is 4.79 Å². The molecule has 1 amide bonds. The number of aliphatic hydroxyl groups is 4. The molecule has 1 aliphatic heterocycles. The zero-order chi connectivity index (χ0) is 34.2. The molecular formula is C35H45FN2O8S. The predicted molar refractivity (Wildman–Crippen MR) is 177 cm³/mol. The second-order valence-corrected chi connectivity index (χ2v) is 14.0. The van der Waals surface area contributed by atoms with E-state index >= 15 is 0 Å². The molecule has 3 atom stereocenters. The van der Waals surface area contributed by atoms with Gasteiger partial charge in [-0.2, -0.15) is 0 Å². The Morgan fingerprint density at radius 1 is 1.02 bits per heavy atom. The molecule has 0 saturated carbocycles. The van der Waals surface area contributed by atoms with Crippen LogP contribution >= 0.6 is 0 Å². The second-order valence-electron chi connectivity index (χ2n) is 12.1. The van der Waals surface area contributed by atoms with E-state index in [0.717, 1.165) is 24.7 Å². The first-order chi connectivity index (χ1) is 22.4. The van der Waals surface area contributed by atoms with Gasteiger partial charge in [0.25, 0.3) is 0 Å². The maximum absolute atomic E-state index is 13.8. The molecule has 1 aliphatic rings. The molecule has 3 aromatic carbocycles. The molecule has 12 heteroatoms. The van der Waals surface area contributed by atoms with Crippen molar-refractivity contribution in [3.05, 3.63) is 94.8 Å². The molecule has 1 heterocycles. The molecule has 1 unspecified atom stereocenters. The summed E-state index contributed by atoms with van der Waals surface area (Å²) in [6, 6.07) is 17.5. The van der Waals surface area contributed by atoms with Crippen LogP contribution in [0.3, 0.4) is 0 Å². The summed E-state index contributed by atoms with van der Waals surface area (Å²) in [5.74, 6) is -0.661. The van der Waals surface area contributed by atoms with Gasteiger partial charge in [0.1, 0.15) is 17.2 Å². The lowest BCUT2D eigenvalue weighted by molar-refractivity contribution is -0.131. The van der Waals surface area contributed by atoms with Crippen molar-refractivity contribution < 1.29 is 42.8 Å². The van der Waals surface area contributed by atoms with Crippen molar-refractivity contribution in [1.82, 2.24) is 4.72 Å². The molecular weight excluding hydrogens is 627 g/mol. The van der Waals surface area contributed by atoms with E-state index in [1.54, 1.807) is 23.1 Å². The highest BCUT2D eigenvalue weighted by Crippen LogP contribution is 2.49. The number of rotatable bonds is 18. The maximum atomic E-state index is 13.8. The van der Waals surface area contributed by atoms with E-state index in [9.17, 15) is 38.0 Å². The maximum Gasteiger partial charge on any atom is 0.233 e. The molecule has 0 spiro atoms. The van der Waals surface area contributed by atoms with Gasteiger partial charge in [-0.25, -0.2) is 17.5 Å². The molecule has 3 aromatic rings. The summed E-state index contributed by atoms with van der Waals surface area (Å²) in [4.78, 5) is 15.5. The number of carbonyl (C=O) groups excluding carboxylic acids is 1. The van der Waals surface area contributed by atoms with Gasteiger partial charge < -0.3 is 30.1 Å². The number of anilines is 1. The number of ether oxygens (including phenoxy) is 1. The molecule has 0 aliphatic carbocycles. The van der Waals surface area contributed by atoms with Crippen molar-refractivity contribution in [2.24, 2.45) is 5.92 Å². The number of nitrogens with one attached hydrogen (secondary N) is 1. The van der Waals surface area contributed by atoms with Crippen molar-refractivity contribution in [2.75, 3.05) is 37.5 Å². The number of carbonyl (C=O) groups is 1. The van der Waals surface area contributed by atoms with Crippen molar-refractivity contribution in [1.29, 1.82) is 0 Å². The summed E-state index contributed by atoms with van der Waals surface area (Å²) in [5, 5.41) is 41.3. The smallest absolute Gasteiger partial charge is 0.233 e. The minimum atomic E-state index is -3.26. The van der Waals surface area contributed by atoms with Gasteiger partial charge in [0, 0.05) is 17.8 Å². The van der Waals surface area contributed by atoms with Gasteiger partial charge in [-0.1, -0.05) is 49.7 Å². The zero-order valence-electron chi connectivity index (χ0n) is 26.8. The van der Waals surface area contributed by atoms with Gasteiger partial charge in [0.2, 0.25) is 15.9 Å². The molecule has 0 radical (unpaired) electrons. The Labute approximate surface area is 275 Å². The highest BCUT2D eigenvalue weighted by molar-refractivity contribution is 7.88. The van der Waals surface area contributed by atoms with Crippen LogP contribution in [-0.4, -0.2) is 67.4 Å². The summed E-state index contributed by atoms with van der Waals surface area (Å²) in [6.45, 7) is 1.31. The fraction of sp³-hybridized carbons (Fsp3) is 0.457. The quantitative estimate of drug-likeness (QED) is 0.101. The number of hydrogen-bond donors (Lipinski definition) is 5. The van der Waals surface area contributed by atoms with Crippen LogP contribution in [0.5, 0.6) is 5.75 Å². The number of hydrogen-bond acceptors (Lipinski definition) is 8. The Morgan fingerprint density at radius 3 is 2.32 bits per heavy atom. The van der Waals surface area contributed by atoms with Crippen LogP contribution in [0.4, 0.5) is 10.1 Å². The molecule has 0 bridgehead atoms. The lowest BCUT2D eigenvalue weighted by atomic mass is 9.77. The van der Waals surface area contributed by atoms with Gasteiger partial charge >= 0.3 is 0 Å². The standard InChI is InChI=1S/C35H45FN2O8S/c1-3-4-20-46-32-21-26(35(43,22-39)23-40)11-16-29(32)33-30(17-18-31(41)25-9-12-27(36)13-10-25)34(42)38(33)28-14-7-24(8-15-28)6-5-19-37-47(2,44)45/h7-16,21,30-31,33,37,39-41,43H,3-6,17-20,22-23H2,1-2H3/t30?,31-,33+/m0/s1. The summed E-state index contributed by atoms with van der Waals surface area (Å²) >= 11 is 0. The largest absolute Gasteiger partial charge is 0.493 e. The van der Waals surface area contributed by atoms with Crippen LogP contribution in [0.1, 0.15) is 73.4 Å². The van der Waals surface area contributed by atoms with Crippen LogP contribution in [0.2, 0.25) is 0 Å². The molecule has 256 valence electrons. The normalized spacial score (nSPS) is 17.4. The number of nitrogens with zero attached hydrogens (tertiary/aromatic N) is 1. The van der Waals surface area contributed by atoms with Crippen LogP contribution in [0, 0.1) is 11.7 Å². The number of benzene rings is 3. The van der Waals surface area contributed by atoms with Crippen LogP contribution < -0.4 is 14.4 Å². The fourth-order valence-corrected chi connectivity index (χ4v) is 6.30. The van der Waals surface area contributed by atoms with E-state index in [2.05, 4.69) is 4.72 Å². The first kappa shape index (κ1) is 36.4. The van der Waals surface area contributed by atoms with Crippen LogP contribution in [0.25, 0.3) is 0 Å². The van der Waals surface area contributed by atoms with Crippen molar-refractivity contribution in [3.8, 4) is 5.75 Å². The van der Waals surface area contributed by atoms with Crippen LogP contribution in [-0.2, 0) is 26.8 Å². The average Bonchev–Trinajstić information content (AvgIpc) is 3.06. The molecule has 4 rings (SSSR count). The first-order valence-corrected chi connectivity index (χ1v) is 17.8. The highest BCUT2D eigenvalue weighted by Gasteiger charge is 2.49. The number of halogens is 1. The van der Waals surface area contributed by atoms with Gasteiger partial charge in [0.15, 0.2) is 0 Å². The number of unbranched alkanes of at least 4 members (excludes halogenated alkanes) is 1. The summed E-state index contributed by atoms with van der Waals surface area (Å²) in [5.41, 5.74) is 1.25. The van der Waals surface area contributed by atoms with Crippen LogP contribution in [0.15, 0.2) is 66.7 Å². The number of aryl methyl sites for hydroxylation is 1. The summed E-state index contributed by atoms with van der Waals surface area (Å²) in [7, 11) is -3.26. The number of aliphatic hydroxyl groups excluding tert-OH is 3. The number of sulfonamides is 1. The topological polar surface area (TPSA) is 157 Å². The molecule has 1 fully saturated rings. The Hall–Kier alpha value is -3.39. The minimum Gasteiger partial charge on any atom is -0.493 e.